The Bertz CT molecular complexity index is 1160. The van der Waals surface area contributed by atoms with E-state index >= 15 is 0 Å². The molecule has 1 saturated carbocycles. The van der Waals surface area contributed by atoms with Gasteiger partial charge in [0, 0.05) is 11.1 Å². The van der Waals surface area contributed by atoms with Gasteiger partial charge in [-0.05, 0) is 50.1 Å². The van der Waals surface area contributed by atoms with Gasteiger partial charge >= 0.3 is 0 Å². The lowest BCUT2D eigenvalue weighted by atomic mass is 10.1. The second-order valence-corrected chi connectivity index (χ2v) is 11.3. The number of aryl methyl sites for hydroxylation is 1. The van der Waals surface area contributed by atoms with Gasteiger partial charge in [0.2, 0.25) is 15.9 Å². The fourth-order valence-electron chi connectivity index (χ4n) is 4.70. The first kappa shape index (κ1) is 24.2. The quantitative estimate of drug-likeness (QED) is 0.403. The molecular formula is C24H26Cl2N2O4S. The molecule has 1 heterocycles. The van der Waals surface area contributed by atoms with Gasteiger partial charge in [-0.3, -0.25) is 9.59 Å². The molecule has 1 saturated heterocycles. The molecule has 2 aromatic rings. The van der Waals surface area contributed by atoms with Gasteiger partial charge in [0.25, 0.3) is 5.91 Å². The number of imide groups is 1. The molecule has 0 bridgehead atoms. The minimum absolute atomic E-state index is 0.0326. The largest absolute Gasteiger partial charge is 0.274 e. The lowest BCUT2D eigenvalue weighted by molar-refractivity contribution is -0.122. The Labute approximate surface area is 204 Å². The molecule has 176 valence electrons. The van der Waals surface area contributed by atoms with Crippen molar-refractivity contribution in [2.45, 2.75) is 68.8 Å². The monoisotopic (exact) mass is 508 g/mol. The van der Waals surface area contributed by atoms with Gasteiger partial charge in [-0.1, -0.05) is 66.6 Å². The summed E-state index contributed by atoms with van der Waals surface area (Å²) in [5.74, 6) is -0.949. The third kappa shape index (κ3) is 4.83. The Morgan fingerprint density at radius 1 is 0.939 bits per heavy atom. The van der Waals surface area contributed by atoms with E-state index in [1.807, 2.05) is 19.1 Å². The molecule has 33 heavy (non-hydrogen) atoms. The minimum atomic E-state index is -4.20. The van der Waals surface area contributed by atoms with Crippen molar-refractivity contribution in [2.24, 2.45) is 0 Å². The maximum atomic E-state index is 13.9. The predicted molar refractivity (Wildman–Crippen MR) is 129 cm³/mol. The van der Waals surface area contributed by atoms with Crippen LogP contribution in [0.3, 0.4) is 0 Å². The summed E-state index contributed by atoms with van der Waals surface area (Å²) in [7, 11) is -4.20. The summed E-state index contributed by atoms with van der Waals surface area (Å²) in [5, 5.41) is 0.263. The van der Waals surface area contributed by atoms with Crippen LogP contribution in [-0.4, -0.2) is 36.6 Å². The number of anilines is 1. The van der Waals surface area contributed by atoms with Crippen molar-refractivity contribution in [2.75, 3.05) is 4.90 Å². The SMILES string of the molecule is Cc1ccc(N2C(=O)CC(N(C3CCCCCC3)S(=O)(=O)c3cc(Cl)ccc3Cl)C2=O)cc1. The van der Waals surface area contributed by atoms with E-state index in [1.165, 1.54) is 22.5 Å². The second-order valence-electron chi connectivity index (χ2n) is 8.68. The summed E-state index contributed by atoms with van der Waals surface area (Å²) < 4.78 is 29.1. The molecule has 0 N–H and O–H groups in total. The highest BCUT2D eigenvalue weighted by Crippen LogP contribution is 2.37. The highest BCUT2D eigenvalue weighted by molar-refractivity contribution is 7.89. The van der Waals surface area contributed by atoms with Crippen molar-refractivity contribution in [1.29, 1.82) is 0 Å². The average Bonchev–Trinajstić information content (AvgIpc) is 2.94. The molecule has 1 aliphatic heterocycles. The molecule has 2 amide bonds. The molecule has 2 aliphatic rings. The van der Waals surface area contributed by atoms with E-state index in [1.54, 1.807) is 12.1 Å². The summed E-state index contributed by atoms with van der Waals surface area (Å²) in [4.78, 5) is 27.5. The first-order valence-electron chi connectivity index (χ1n) is 11.1. The number of rotatable bonds is 5. The number of carbonyl (C=O) groups excluding carboxylic acids is 2. The molecule has 6 nitrogen and oxygen atoms in total. The predicted octanol–water partition coefficient (Wildman–Crippen LogP) is 5.35. The van der Waals surface area contributed by atoms with E-state index in [0.717, 1.165) is 36.1 Å². The summed E-state index contributed by atoms with van der Waals surface area (Å²) >= 11 is 12.4. The van der Waals surface area contributed by atoms with Gasteiger partial charge in [0.05, 0.1) is 17.1 Å². The molecule has 9 heteroatoms. The Morgan fingerprint density at radius 2 is 1.58 bits per heavy atom. The van der Waals surface area contributed by atoms with Crippen LogP contribution in [0, 0.1) is 6.92 Å². The zero-order chi connectivity index (χ0) is 23.8. The molecule has 4 rings (SSSR count). The third-order valence-corrected chi connectivity index (χ3v) is 9.03. The zero-order valence-corrected chi connectivity index (χ0v) is 20.7. The topological polar surface area (TPSA) is 74.8 Å². The van der Waals surface area contributed by atoms with Gasteiger partial charge in [0.1, 0.15) is 10.9 Å². The number of carbonyl (C=O) groups is 2. The first-order valence-corrected chi connectivity index (χ1v) is 13.3. The van der Waals surface area contributed by atoms with E-state index in [9.17, 15) is 18.0 Å². The second kappa shape index (κ2) is 9.74. The molecule has 1 atom stereocenters. The number of hydrogen-bond acceptors (Lipinski definition) is 4. The van der Waals surface area contributed by atoms with Crippen molar-refractivity contribution in [3.63, 3.8) is 0 Å². The molecular weight excluding hydrogens is 483 g/mol. The smallest absolute Gasteiger partial charge is 0.252 e. The summed E-state index contributed by atoms with van der Waals surface area (Å²) in [6, 6.07) is 9.77. The number of hydrogen-bond donors (Lipinski definition) is 0. The molecule has 2 fully saturated rings. The number of nitrogens with zero attached hydrogens (tertiary/aromatic N) is 2. The van der Waals surface area contributed by atoms with Crippen molar-refractivity contribution >= 4 is 50.7 Å². The Kier molecular flexibility index (Phi) is 7.15. The van der Waals surface area contributed by atoms with Gasteiger partial charge < -0.3 is 0 Å². The van der Waals surface area contributed by atoms with Gasteiger partial charge in [-0.2, -0.15) is 4.31 Å². The van der Waals surface area contributed by atoms with Crippen LogP contribution in [0.4, 0.5) is 5.69 Å². The lowest BCUT2D eigenvalue weighted by Crippen LogP contribution is -2.50. The van der Waals surface area contributed by atoms with E-state index in [-0.39, 0.29) is 21.4 Å². The Morgan fingerprint density at radius 3 is 2.21 bits per heavy atom. The van der Waals surface area contributed by atoms with Crippen LogP contribution in [0.15, 0.2) is 47.4 Å². The van der Waals surface area contributed by atoms with Gasteiger partial charge in [-0.15, -0.1) is 0 Å². The highest BCUT2D eigenvalue weighted by atomic mass is 35.5. The van der Waals surface area contributed by atoms with Crippen molar-refractivity contribution in [1.82, 2.24) is 4.31 Å². The van der Waals surface area contributed by atoms with Crippen LogP contribution in [0.5, 0.6) is 0 Å². The minimum Gasteiger partial charge on any atom is -0.274 e. The number of halogens is 2. The Balaban J connectivity index is 1.78. The fraction of sp³-hybridized carbons (Fsp3) is 0.417. The number of amides is 2. The van der Waals surface area contributed by atoms with Crippen LogP contribution >= 0.6 is 23.2 Å². The summed E-state index contributed by atoms with van der Waals surface area (Å²) in [5.41, 5.74) is 1.43. The van der Waals surface area contributed by atoms with Gasteiger partial charge in [-0.25, -0.2) is 13.3 Å². The van der Waals surface area contributed by atoms with Crippen LogP contribution in [-0.2, 0) is 19.6 Å². The maximum Gasteiger partial charge on any atom is 0.252 e. The van der Waals surface area contributed by atoms with E-state index in [0.29, 0.717) is 18.5 Å². The van der Waals surface area contributed by atoms with Crippen LogP contribution in [0.1, 0.15) is 50.5 Å². The maximum absolute atomic E-state index is 13.9. The van der Waals surface area contributed by atoms with Crippen molar-refractivity contribution < 1.29 is 18.0 Å². The summed E-state index contributed by atoms with van der Waals surface area (Å²) in [6.07, 6.45) is 4.78. The normalized spacial score (nSPS) is 20.5. The van der Waals surface area contributed by atoms with E-state index < -0.39 is 33.9 Å². The van der Waals surface area contributed by atoms with Crippen LogP contribution in [0.2, 0.25) is 10.0 Å². The van der Waals surface area contributed by atoms with Gasteiger partial charge in [0.15, 0.2) is 0 Å². The van der Waals surface area contributed by atoms with E-state index in [2.05, 4.69) is 0 Å². The van der Waals surface area contributed by atoms with Crippen molar-refractivity contribution in [3.05, 3.63) is 58.1 Å². The molecule has 2 aromatic carbocycles. The molecule has 0 radical (unpaired) electrons. The van der Waals surface area contributed by atoms with E-state index in [4.69, 9.17) is 23.2 Å². The molecule has 1 unspecified atom stereocenters. The van der Waals surface area contributed by atoms with Crippen LogP contribution in [0.25, 0.3) is 0 Å². The lowest BCUT2D eigenvalue weighted by Gasteiger charge is -2.34. The third-order valence-electron chi connectivity index (χ3n) is 6.36. The first-order chi connectivity index (χ1) is 15.7. The fourth-order valence-corrected chi connectivity index (χ4v) is 7.27. The average molecular weight is 509 g/mol. The molecule has 0 aromatic heterocycles. The zero-order valence-electron chi connectivity index (χ0n) is 18.3. The number of benzene rings is 2. The standard InChI is InChI=1S/C24H26Cl2N2O4S/c1-16-8-11-18(12-9-16)27-23(29)15-21(24(27)30)28(19-6-4-2-3-5-7-19)33(31,32)22-14-17(25)10-13-20(22)26/h8-14,19,21H,2-7,15H2,1H3. The molecule has 0 spiro atoms. The summed E-state index contributed by atoms with van der Waals surface area (Å²) in [6.45, 7) is 1.91. The van der Waals surface area contributed by atoms with Crippen molar-refractivity contribution in [3.8, 4) is 0 Å². The van der Waals surface area contributed by atoms with Crippen LogP contribution < -0.4 is 4.90 Å². The molecule has 1 aliphatic carbocycles. The Hall–Kier alpha value is -1.93. The highest BCUT2D eigenvalue weighted by Gasteiger charge is 2.49. The number of sulfonamides is 1.